The molecule has 0 saturated heterocycles. The van der Waals surface area contributed by atoms with Crippen molar-refractivity contribution >= 4 is 33.5 Å². The average Bonchev–Trinajstić information content (AvgIpc) is 2.31. The Hall–Kier alpha value is -0.580. The molecule has 11 heavy (non-hydrogen) atoms. The third kappa shape index (κ3) is 1.13. The molecule has 0 amide bonds. The number of hydrogen-bond donors (Lipinski definition) is 1. The topological polar surface area (TPSA) is 28.7 Å². The number of rotatable bonds is 0. The van der Waals surface area contributed by atoms with Gasteiger partial charge in [0.25, 0.3) is 0 Å². The van der Waals surface area contributed by atoms with E-state index in [2.05, 4.69) is 45.5 Å². The highest BCUT2D eigenvalue weighted by molar-refractivity contribution is 14.1. The van der Waals surface area contributed by atoms with E-state index in [0.29, 0.717) is 0 Å². The van der Waals surface area contributed by atoms with Crippen molar-refractivity contribution in [2.75, 3.05) is 0 Å². The van der Waals surface area contributed by atoms with Crippen molar-refractivity contribution in [3.63, 3.8) is 0 Å². The molecule has 2 aromatic heterocycles. The summed E-state index contributed by atoms with van der Waals surface area (Å²) in [5, 5.41) is 1.19. The van der Waals surface area contributed by atoms with Gasteiger partial charge in [-0.05, 0) is 41.1 Å². The predicted molar refractivity (Wildman–Crippen MR) is 53.5 cm³/mol. The zero-order valence-corrected chi connectivity index (χ0v) is 8.21. The summed E-state index contributed by atoms with van der Waals surface area (Å²) in [7, 11) is 0. The summed E-state index contributed by atoms with van der Waals surface area (Å²) < 4.78 is 1.16. The second-order valence-corrected chi connectivity index (χ2v) is 3.70. The molecule has 0 aromatic carbocycles. The van der Waals surface area contributed by atoms with Gasteiger partial charge in [0, 0.05) is 17.8 Å². The molecule has 0 bridgehead atoms. The second kappa shape index (κ2) is 2.48. The van der Waals surface area contributed by atoms with Crippen LogP contribution < -0.4 is 0 Å². The third-order valence-electron chi connectivity index (χ3n) is 1.69. The van der Waals surface area contributed by atoms with Gasteiger partial charge in [-0.25, -0.2) is 0 Å². The molecule has 0 atom stereocenters. The van der Waals surface area contributed by atoms with Crippen molar-refractivity contribution in [2.45, 2.75) is 6.92 Å². The molecule has 0 aliphatic carbocycles. The van der Waals surface area contributed by atoms with Crippen molar-refractivity contribution in [1.82, 2.24) is 9.97 Å². The van der Waals surface area contributed by atoms with E-state index in [-0.39, 0.29) is 0 Å². The number of pyridine rings is 1. The molecule has 0 aliphatic heterocycles. The molecule has 0 spiro atoms. The fourth-order valence-electron chi connectivity index (χ4n) is 1.16. The van der Waals surface area contributed by atoms with Crippen LogP contribution in [0.4, 0.5) is 0 Å². The minimum absolute atomic E-state index is 1.16. The van der Waals surface area contributed by atoms with E-state index in [1.165, 1.54) is 16.5 Å². The molecule has 0 saturated carbocycles. The van der Waals surface area contributed by atoms with Crippen LogP contribution >= 0.6 is 22.6 Å². The lowest BCUT2D eigenvalue weighted by molar-refractivity contribution is 1.29. The molecule has 0 unspecified atom stereocenters. The highest BCUT2D eigenvalue weighted by atomic mass is 127. The summed E-state index contributed by atoms with van der Waals surface area (Å²) in [5.41, 5.74) is 2.40. The lowest BCUT2D eigenvalue weighted by Crippen LogP contribution is -1.77. The molecule has 2 aromatic rings. The number of nitrogens with one attached hydrogen (secondary N) is 1. The maximum Gasteiger partial charge on any atom is 0.0783 e. The van der Waals surface area contributed by atoms with Gasteiger partial charge in [0.15, 0.2) is 0 Å². The molecule has 1 N–H and O–H groups in total. The number of H-pyrrole nitrogens is 1. The van der Waals surface area contributed by atoms with Crippen LogP contribution in [0.2, 0.25) is 0 Å². The highest BCUT2D eigenvalue weighted by Gasteiger charge is 1.99. The number of aromatic amines is 1. The number of aromatic nitrogens is 2. The Kier molecular flexibility index (Phi) is 1.60. The Morgan fingerprint density at radius 3 is 3.00 bits per heavy atom. The fourth-order valence-corrected chi connectivity index (χ4v) is 1.76. The maximum absolute atomic E-state index is 4.10. The van der Waals surface area contributed by atoms with E-state index < -0.39 is 0 Å². The molecule has 2 rings (SSSR count). The molecule has 3 heteroatoms. The monoisotopic (exact) mass is 258 g/mol. The van der Waals surface area contributed by atoms with Crippen LogP contribution in [0.1, 0.15) is 5.56 Å². The van der Waals surface area contributed by atoms with Crippen LogP contribution in [0.15, 0.2) is 18.5 Å². The zero-order chi connectivity index (χ0) is 7.84. The van der Waals surface area contributed by atoms with Gasteiger partial charge in [-0.1, -0.05) is 0 Å². The summed E-state index contributed by atoms with van der Waals surface area (Å²) in [6, 6.07) is 2.09. The molecule has 0 radical (unpaired) electrons. The zero-order valence-electron chi connectivity index (χ0n) is 6.06. The number of aryl methyl sites for hydroxylation is 1. The summed E-state index contributed by atoms with van der Waals surface area (Å²) >= 11 is 2.27. The van der Waals surface area contributed by atoms with E-state index in [0.717, 1.165) is 3.70 Å². The quantitative estimate of drug-likeness (QED) is 0.722. The lowest BCUT2D eigenvalue weighted by atomic mass is 10.2. The van der Waals surface area contributed by atoms with Gasteiger partial charge < -0.3 is 4.98 Å². The summed E-state index contributed by atoms with van der Waals surface area (Å²) in [6.45, 7) is 2.06. The first-order chi connectivity index (χ1) is 5.27. The molecule has 2 nitrogen and oxygen atoms in total. The minimum atomic E-state index is 1.16. The maximum atomic E-state index is 4.10. The van der Waals surface area contributed by atoms with E-state index in [9.17, 15) is 0 Å². The summed E-state index contributed by atoms with van der Waals surface area (Å²) in [6.07, 6.45) is 3.75. The highest BCUT2D eigenvalue weighted by Crippen LogP contribution is 2.17. The number of hydrogen-bond acceptors (Lipinski definition) is 1. The van der Waals surface area contributed by atoms with Gasteiger partial charge in [-0.2, -0.15) is 0 Å². The molecule has 0 aliphatic rings. The Morgan fingerprint density at radius 1 is 1.45 bits per heavy atom. The smallest absolute Gasteiger partial charge is 0.0783 e. The second-order valence-electron chi connectivity index (χ2n) is 2.54. The van der Waals surface area contributed by atoms with Crippen molar-refractivity contribution in [1.29, 1.82) is 0 Å². The van der Waals surface area contributed by atoms with Crippen molar-refractivity contribution in [3.05, 3.63) is 27.7 Å². The Labute approximate surface area is 78.2 Å². The van der Waals surface area contributed by atoms with Gasteiger partial charge in [0.1, 0.15) is 0 Å². The van der Waals surface area contributed by atoms with Crippen LogP contribution in [0.5, 0.6) is 0 Å². The summed E-state index contributed by atoms with van der Waals surface area (Å²) in [5.74, 6) is 0. The Bertz CT molecular complexity index is 392. The van der Waals surface area contributed by atoms with Crippen molar-refractivity contribution in [3.8, 4) is 0 Å². The Balaban J connectivity index is 2.90. The first kappa shape index (κ1) is 7.09. The fraction of sp³-hybridized carbons (Fsp3) is 0.125. The molecule has 0 fully saturated rings. The van der Waals surface area contributed by atoms with E-state index in [1.807, 2.05) is 12.4 Å². The van der Waals surface area contributed by atoms with Gasteiger partial charge in [-0.15, -0.1) is 0 Å². The first-order valence-electron chi connectivity index (χ1n) is 3.36. The van der Waals surface area contributed by atoms with Crippen LogP contribution in [0.3, 0.4) is 0 Å². The van der Waals surface area contributed by atoms with Gasteiger partial charge >= 0.3 is 0 Å². The van der Waals surface area contributed by atoms with Crippen LogP contribution in [-0.4, -0.2) is 9.97 Å². The molecule has 2 heterocycles. The van der Waals surface area contributed by atoms with Crippen LogP contribution in [0, 0.1) is 10.6 Å². The van der Waals surface area contributed by atoms with Gasteiger partial charge in [-0.3, -0.25) is 4.98 Å². The standard InChI is InChI=1S/C8H7IN2/c1-5-3-10-4-6-2-7(9)11-8(5)6/h2-4,11H,1H3. The third-order valence-corrected chi connectivity index (χ3v) is 2.27. The number of nitrogens with zero attached hydrogens (tertiary/aromatic N) is 1. The van der Waals surface area contributed by atoms with Crippen molar-refractivity contribution in [2.24, 2.45) is 0 Å². The number of halogens is 1. The minimum Gasteiger partial charge on any atom is -0.350 e. The van der Waals surface area contributed by atoms with E-state index >= 15 is 0 Å². The first-order valence-corrected chi connectivity index (χ1v) is 4.44. The van der Waals surface area contributed by atoms with Gasteiger partial charge in [0.05, 0.1) is 9.22 Å². The van der Waals surface area contributed by atoms with Crippen molar-refractivity contribution < 1.29 is 0 Å². The normalized spacial score (nSPS) is 10.7. The average molecular weight is 258 g/mol. The lowest BCUT2D eigenvalue weighted by Gasteiger charge is -1.91. The van der Waals surface area contributed by atoms with Crippen LogP contribution in [-0.2, 0) is 0 Å². The van der Waals surface area contributed by atoms with E-state index in [4.69, 9.17) is 0 Å². The number of fused-ring (bicyclic) bond motifs is 1. The predicted octanol–water partition coefficient (Wildman–Crippen LogP) is 2.48. The van der Waals surface area contributed by atoms with E-state index in [1.54, 1.807) is 0 Å². The SMILES string of the molecule is Cc1cncc2cc(I)[nH]c12. The Morgan fingerprint density at radius 2 is 2.27 bits per heavy atom. The molecular formula is C8H7IN2. The molecule has 56 valence electrons. The largest absolute Gasteiger partial charge is 0.350 e. The summed E-state index contributed by atoms with van der Waals surface area (Å²) in [4.78, 5) is 7.38. The van der Waals surface area contributed by atoms with Gasteiger partial charge in [0.2, 0.25) is 0 Å². The molecular weight excluding hydrogens is 251 g/mol. The van der Waals surface area contributed by atoms with Crippen LogP contribution in [0.25, 0.3) is 10.9 Å².